The minimum absolute atomic E-state index is 0.157. The van der Waals surface area contributed by atoms with Crippen molar-refractivity contribution in [2.75, 3.05) is 7.05 Å². The van der Waals surface area contributed by atoms with Crippen molar-refractivity contribution in [1.82, 2.24) is 14.9 Å². The number of carboxylic acids is 1. The summed E-state index contributed by atoms with van der Waals surface area (Å²) in [5.74, 6) is -1.16. The lowest BCUT2D eigenvalue weighted by atomic mass is 10.2. The number of imidazole rings is 1. The van der Waals surface area contributed by atoms with Crippen LogP contribution in [0.4, 0.5) is 0 Å². The standard InChI is InChI=1S/C12H13N3O3/c1-7(11(16)13-2)15-6-14-9-4-3-8(12(17)18)5-10(9)15/h3-7H,1-2H3,(H,13,16)(H,17,18). The normalized spacial score (nSPS) is 12.3. The highest BCUT2D eigenvalue weighted by atomic mass is 16.4. The maximum atomic E-state index is 11.6. The van der Waals surface area contributed by atoms with Crippen LogP contribution in [0.2, 0.25) is 0 Å². The number of benzene rings is 1. The highest BCUT2D eigenvalue weighted by Gasteiger charge is 2.16. The van der Waals surface area contributed by atoms with Crippen LogP contribution in [-0.4, -0.2) is 33.6 Å². The van der Waals surface area contributed by atoms with Crippen LogP contribution < -0.4 is 5.32 Å². The van der Waals surface area contributed by atoms with Gasteiger partial charge in [0.25, 0.3) is 0 Å². The minimum atomic E-state index is -1.00. The number of nitrogens with one attached hydrogen (secondary N) is 1. The Morgan fingerprint density at radius 1 is 1.44 bits per heavy atom. The first kappa shape index (κ1) is 12.1. The maximum Gasteiger partial charge on any atom is 0.335 e. The summed E-state index contributed by atoms with van der Waals surface area (Å²) in [5.41, 5.74) is 1.47. The van der Waals surface area contributed by atoms with Gasteiger partial charge in [-0.05, 0) is 25.1 Å². The fraction of sp³-hybridized carbons (Fsp3) is 0.250. The quantitative estimate of drug-likeness (QED) is 0.848. The first-order valence-corrected chi connectivity index (χ1v) is 5.46. The van der Waals surface area contributed by atoms with E-state index >= 15 is 0 Å². The number of hydrogen-bond acceptors (Lipinski definition) is 3. The van der Waals surface area contributed by atoms with Crippen molar-refractivity contribution in [2.45, 2.75) is 13.0 Å². The van der Waals surface area contributed by atoms with E-state index in [2.05, 4.69) is 10.3 Å². The Balaban J connectivity index is 2.55. The molecule has 0 spiro atoms. The van der Waals surface area contributed by atoms with Crippen molar-refractivity contribution in [3.05, 3.63) is 30.1 Å². The molecule has 0 aliphatic rings. The molecule has 1 aromatic heterocycles. The van der Waals surface area contributed by atoms with Gasteiger partial charge in [0.15, 0.2) is 0 Å². The van der Waals surface area contributed by atoms with Gasteiger partial charge >= 0.3 is 5.97 Å². The van der Waals surface area contributed by atoms with Gasteiger partial charge in [-0.1, -0.05) is 0 Å². The summed E-state index contributed by atoms with van der Waals surface area (Å²) in [5, 5.41) is 11.5. The van der Waals surface area contributed by atoms with Gasteiger partial charge in [0, 0.05) is 7.05 Å². The van der Waals surface area contributed by atoms with Crippen LogP contribution in [0.15, 0.2) is 24.5 Å². The van der Waals surface area contributed by atoms with Crippen LogP contribution in [0.3, 0.4) is 0 Å². The van der Waals surface area contributed by atoms with Crippen LogP contribution in [0.1, 0.15) is 23.3 Å². The van der Waals surface area contributed by atoms with Crippen LogP contribution >= 0.6 is 0 Å². The van der Waals surface area contributed by atoms with Crippen molar-refractivity contribution in [3.8, 4) is 0 Å². The molecular formula is C12H13N3O3. The Bertz CT molecular complexity index is 618. The van der Waals surface area contributed by atoms with Crippen molar-refractivity contribution in [3.63, 3.8) is 0 Å². The molecule has 6 nitrogen and oxygen atoms in total. The molecule has 0 saturated heterocycles. The third-order valence-electron chi connectivity index (χ3n) is 2.86. The molecule has 1 unspecified atom stereocenters. The van der Waals surface area contributed by atoms with E-state index in [9.17, 15) is 9.59 Å². The zero-order chi connectivity index (χ0) is 13.3. The number of fused-ring (bicyclic) bond motifs is 1. The average molecular weight is 247 g/mol. The predicted octanol–water partition coefficient (Wildman–Crippen LogP) is 1.04. The number of rotatable bonds is 3. The number of aromatic nitrogens is 2. The van der Waals surface area contributed by atoms with Gasteiger partial charge in [0.05, 0.1) is 22.9 Å². The number of aromatic carboxylic acids is 1. The third-order valence-corrected chi connectivity index (χ3v) is 2.86. The number of carbonyl (C=O) groups is 2. The maximum absolute atomic E-state index is 11.6. The smallest absolute Gasteiger partial charge is 0.335 e. The zero-order valence-electron chi connectivity index (χ0n) is 10.0. The van der Waals surface area contributed by atoms with Crippen LogP contribution in [0, 0.1) is 0 Å². The number of carbonyl (C=O) groups excluding carboxylic acids is 1. The molecule has 18 heavy (non-hydrogen) atoms. The van der Waals surface area contributed by atoms with Gasteiger partial charge in [-0.15, -0.1) is 0 Å². The molecule has 0 radical (unpaired) electrons. The second-order valence-electron chi connectivity index (χ2n) is 3.95. The lowest BCUT2D eigenvalue weighted by molar-refractivity contribution is -0.123. The monoisotopic (exact) mass is 247 g/mol. The third kappa shape index (κ3) is 1.92. The minimum Gasteiger partial charge on any atom is -0.478 e. The molecule has 0 aliphatic carbocycles. The number of likely N-dealkylation sites (N-methyl/N-ethyl adjacent to an activating group) is 1. The molecule has 2 aromatic rings. The fourth-order valence-electron chi connectivity index (χ4n) is 1.80. The molecule has 1 amide bonds. The summed E-state index contributed by atoms with van der Waals surface area (Å²) in [7, 11) is 1.56. The summed E-state index contributed by atoms with van der Waals surface area (Å²) >= 11 is 0. The Labute approximate surface area is 103 Å². The van der Waals surface area contributed by atoms with Crippen molar-refractivity contribution < 1.29 is 14.7 Å². The molecule has 6 heteroatoms. The molecular weight excluding hydrogens is 234 g/mol. The molecule has 1 atom stereocenters. The van der Waals surface area contributed by atoms with Crippen LogP contribution in [0.25, 0.3) is 11.0 Å². The first-order chi connectivity index (χ1) is 8.54. The zero-order valence-corrected chi connectivity index (χ0v) is 10.0. The van der Waals surface area contributed by atoms with Crippen molar-refractivity contribution in [2.24, 2.45) is 0 Å². The fourth-order valence-corrected chi connectivity index (χ4v) is 1.80. The molecule has 94 valence electrons. The average Bonchev–Trinajstić information content (AvgIpc) is 2.79. The number of nitrogens with zero attached hydrogens (tertiary/aromatic N) is 2. The summed E-state index contributed by atoms with van der Waals surface area (Å²) in [4.78, 5) is 26.7. The Kier molecular flexibility index (Phi) is 3.01. The number of hydrogen-bond donors (Lipinski definition) is 2. The molecule has 0 saturated carbocycles. The van der Waals surface area contributed by atoms with Crippen LogP contribution in [-0.2, 0) is 4.79 Å². The molecule has 0 aliphatic heterocycles. The lowest BCUT2D eigenvalue weighted by Gasteiger charge is -2.12. The molecule has 0 bridgehead atoms. The highest BCUT2D eigenvalue weighted by Crippen LogP contribution is 2.19. The van der Waals surface area contributed by atoms with E-state index in [1.807, 2.05) is 0 Å². The van der Waals surface area contributed by atoms with Gasteiger partial charge in [0.1, 0.15) is 6.04 Å². The Morgan fingerprint density at radius 2 is 2.17 bits per heavy atom. The Morgan fingerprint density at radius 3 is 2.78 bits per heavy atom. The summed E-state index contributed by atoms with van der Waals surface area (Å²) < 4.78 is 1.65. The van der Waals surface area contributed by atoms with E-state index in [0.29, 0.717) is 11.0 Å². The first-order valence-electron chi connectivity index (χ1n) is 5.46. The molecule has 1 aromatic carbocycles. The summed E-state index contributed by atoms with van der Waals surface area (Å²) in [6.45, 7) is 1.73. The van der Waals surface area contributed by atoms with Crippen molar-refractivity contribution >= 4 is 22.9 Å². The molecule has 0 fully saturated rings. The topological polar surface area (TPSA) is 84.2 Å². The second kappa shape index (κ2) is 4.48. The summed E-state index contributed by atoms with van der Waals surface area (Å²) in [6.07, 6.45) is 1.54. The molecule has 1 heterocycles. The van der Waals surface area contributed by atoms with E-state index in [1.165, 1.54) is 18.5 Å². The Hall–Kier alpha value is -2.37. The van der Waals surface area contributed by atoms with E-state index in [4.69, 9.17) is 5.11 Å². The molecule has 2 N–H and O–H groups in total. The predicted molar refractivity (Wildman–Crippen MR) is 65.5 cm³/mol. The van der Waals surface area contributed by atoms with E-state index in [-0.39, 0.29) is 11.5 Å². The lowest BCUT2D eigenvalue weighted by Crippen LogP contribution is -2.27. The largest absolute Gasteiger partial charge is 0.478 e. The summed E-state index contributed by atoms with van der Waals surface area (Å²) in [6, 6.07) is 4.20. The van der Waals surface area contributed by atoms with Gasteiger partial charge in [-0.25, -0.2) is 9.78 Å². The SMILES string of the molecule is CNC(=O)C(C)n1cnc2ccc(C(=O)O)cc21. The highest BCUT2D eigenvalue weighted by molar-refractivity contribution is 5.93. The molecule has 2 rings (SSSR count). The van der Waals surface area contributed by atoms with Gasteiger partial charge in [-0.2, -0.15) is 0 Å². The van der Waals surface area contributed by atoms with Gasteiger partial charge < -0.3 is 15.0 Å². The van der Waals surface area contributed by atoms with Gasteiger partial charge in [-0.3, -0.25) is 4.79 Å². The number of carboxylic acid groups (broad SMARTS) is 1. The second-order valence-corrected chi connectivity index (χ2v) is 3.95. The van der Waals surface area contributed by atoms with Crippen molar-refractivity contribution in [1.29, 1.82) is 0 Å². The number of amides is 1. The van der Waals surface area contributed by atoms with Gasteiger partial charge in [0.2, 0.25) is 5.91 Å². The van der Waals surface area contributed by atoms with Crippen LogP contribution in [0.5, 0.6) is 0 Å². The van der Waals surface area contributed by atoms with E-state index < -0.39 is 12.0 Å². The van der Waals surface area contributed by atoms with E-state index in [0.717, 1.165) is 0 Å². The van der Waals surface area contributed by atoms with E-state index in [1.54, 1.807) is 24.6 Å².